The van der Waals surface area contributed by atoms with E-state index in [9.17, 15) is 5.26 Å². The highest BCUT2D eigenvalue weighted by molar-refractivity contribution is 7.08. The van der Waals surface area contributed by atoms with Gasteiger partial charge in [0.05, 0.1) is 13.2 Å². The highest BCUT2D eigenvalue weighted by Gasteiger charge is 2.15. The van der Waals surface area contributed by atoms with E-state index in [1.54, 1.807) is 18.4 Å². The van der Waals surface area contributed by atoms with Crippen LogP contribution in [-0.4, -0.2) is 7.11 Å². The molecule has 0 unspecified atom stereocenters. The number of nitrogens with zero attached hydrogens (tertiary/aromatic N) is 1. The maximum Gasteiger partial charge on any atom is 0.122 e. The van der Waals surface area contributed by atoms with Crippen molar-refractivity contribution in [1.29, 1.82) is 5.26 Å². The second kappa shape index (κ2) is 6.37. The summed E-state index contributed by atoms with van der Waals surface area (Å²) in [7, 11) is 1.65. The minimum absolute atomic E-state index is 0.107. The van der Waals surface area contributed by atoms with Crippen molar-refractivity contribution in [3.8, 4) is 11.8 Å². The lowest BCUT2D eigenvalue weighted by Gasteiger charge is -2.18. The number of nitrogens with one attached hydrogen (secondary N) is 1. The summed E-state index contributed by atoms with van der Waals surface area (Å²) in [4.78, 5) is 0. The summed E-state index contributed by atoms with van der Waals surface area (Å²) in [6, 6.07) is 12.0. The standard InChI is InChI=1S/C15H16N2OS/c1-11(12-3-5-14(18-2)6-4-12)17-15(9-16)13-7-8-19-10-13/h3-8,10-11,15,17H,1-2H3/t11-,15+/m1/s1. The Morgan fingerprint density at radius 2 is 1.95 bits per heavy atom. The number of rotatable bonds is 5. The molecular weight excluding hydrogens is 256 g/mol. The van der Waals surface area contributed by atoms with Crippen molar-refractivity contribution in [2.24, 2.45) is 0 Å². The molecule has 0 saturated heterocycles. The predicted molar refractivity (Wildman–Crippen MR) is 77.2 cm³/mol. The van der Waals surface area contributed by atoms with E-state index in [0.29, 0.717) is 0 Å². The summed E-state index contributed by atoms with van der Waals surface area (Å²) < 4.78 is 5.14. The van der Waals surface area contributed by atoms with Crippen molar-refractivity contribution in [3.05, 3.63) is 52.2 Å². The summed E-state index contributed by atoms with van der Waals surface area (Å²) in [5.74, 6) is 0.839. The Kier molecular flexibility index (Phi) is 4.56. The molecule has 1 N–H and O–H groups in total. The molecule has 0 amide bonds. The largest absolute Gasteiger partial charge is 0.497 e. The van der Waals surface area contributed by atoms with Gasteiger partial charge in [-0.15, -0.1) is 0 Å². The maximum absolute atomic E-state index is 9.25. The summed E-state index contributed by atoms with van der Waals surface area (Å²) in [5, 5.41) is 16.6. The molecule has 0 aliphatic carbocycles. The molecule has 0 radical (unpaired) electrons. The summed E-state index contributed by atoms with van der Waals surface area (Å²) in [5.41, 5.74) is 2.16. The molecule has 2 aromatic rings. The van der Waals surface area contributed by atoms with Gasteiger partial charge in [-0.2, -0.15) is 16.6 Å². The number of nitriles is 1. The molecule has 0 aliphatic rings. The van der Waals surface area contributed by atoms with E-state index >= 15 is 0 Å². The molecule has 0 spiro atoms. The van der Waals surface area contributed by atoms with Crippen molar-refractivity contribution in [3.63, 3.8) is 0 Å². The first-order valence-corrected chi connectivity index (χ1v) is 7.00. The number of methoxy groups -OCH3 is 1. The number of benzene rings is 1. The lowest BCUT2D eigenvalue weighted by molar-refractivity contribution is 0.414. The van der Waals surface area contributed by atoms with Crippen LogP contribution in [0.15, 0.2) is 41.1 Å². The molecule has 0 aliphatic heterocycles. The molecule has 0 saturated carbocycles. The van der Waals surface area contributed by atoms with Gasteiger partial charge in [0.2, 0.25) is 0 Å². The summed E-state index contributed by atoms with van der Waals surface area (Å²) in [6.45, 7) is 2.05. The van der Waals surface area contributed by atoms with Crippen LogP contribution >= 0.6 is 11.3 Å². The smallest absolute Gasteiger partial charge is 0.122 e. The van der Waals surface area contributed by atoms with Crippen molar-refractivity contribution in [2.45, 2.75) is 19.0 Å². The van der Waals surface area contributed by atoms with Crippen LogP contribution in [0.2, 0.25) is 0 Å². The first-order valence-electron chi connectivity index (χ1n) is 6.06. The van der Waals surface area contributed by atoms with Crippen LogP contribution in [0.5, 0.6) is 5.75 Å². The molecule has 1 aromatic carbocycles. The predicted octanol–water partition coefficient (Wildman–Crippen LogP) is 3.67. The highest BCUT2D eigenvalue weighted by atomic mass is 32.1. The van der Waals surface area contributed by atoms with E-state index in [2.05, 4.69) is 18.3 Å². The molecule has 1 aromatic heterocycles. The average Bonchev–Trinajstić information content (AvgIpc) is 2.98. The van der Waals surface area contributed by atoms with Gasteiger partial charge in [-0.3, -0.25) is 5.32 Å². The molecule has 2 atom stereocenters. The minimum atomic E-state index is -0.275. The Morgan fingerprint density at radius 3 is 2.47 bits per heavy atom. The minimum Gasteiger partial charge on any atom is -0.497 e. The molecule has 1 heterocycles. The number of hydrogen-bond acceptors (Lipinski definition) is 4. The Hall–Kier alpha value is -1.83. The van der Waals surface area contributed by atoms with Gasteiger partial charge in [-0.25, -0.2) is 0 Å². The van der Waals surface area contributed by atoms with Gasteiger partial charge in [-0.05, 0) is 47.0 Å². The second-order valence-electron chi connectivity index (χ2n) is 4.28. The van der Waals surface area contributed by atoms with Gasteiger partial charge in [-0.1, -0.05) is 12.1 Å². The van der Waals surface area contributed by atoms with Gasteiger partial charge in [0.25, 0.3) is 0 Å². The van der Waals surface area contributed by atoms with E-state index in [4.69, 9.17) is 4.74 Å². The van der Waals surface area contributed by atoms with Crippen LogP contribution in [0.4, 0.5) is 0 Å². The average molecular weight is 272 g/mol. The van der Waals surface area contributed by atoms with Gasteiger partial charge < -0.3 is 4.74 Å². The molecule has 3 nitrogen and oxygen atoms in total. The van der Waals surface area contributed by atoms with Crippen molar-refractivity contribution < 1.29 is 4.74 Å². The highest BCUT2D eigenvalue weighted by Crippen LogP contribution is 2.22. The normalized spacial score (nSPS) is 13.5. The Balaban J connectivity index is 2.07. The summed E-state index contributed by atoms with van der Waals surface area (Å²) in [6.07, 6.45) is 0. The first-order chi connectivity index (χ1) is 9.24. The molecule has 19 heavy (non-hydrogen) atoms. The fourth-order valence-corrected chi connectivity index (χ4v) is 2.57. The quantitative estimate of drug-likeness (QED) is 0.903. The topological polar surface area (TPSA) is 45.0 Å². The second-order valence-corrected chi connectivity index (χ2v) is 5.06. The molecule has 0 fully saturated rings. The van der Waals surface area contributed by atoms with Gasteiger partial charge in [0, 0.05) is 6.04 Å². The molecule has 0 bridgehead atoms. The fourth-order valence-electron chi connectivity index (χ4n) is 1.89. The molecular formula is C15H16N2OS. The third kappa shape index (κ3) is 3.34. The maximum atomic E-state index is 9.25. The van der Waals surface area contributed by atoms with E-state index in [-0.39, 0.29) is 12.1 Å². The monoisotopic (exact) mass is 272 g/mol. The van der Waals surface area contributed by atoms with Gasteiger partial charge >= 0.3 is 0 Å². The van der Waals surface area contributed by atoms with E-state index in [1.807, 2.05) is 41.1 Å². The number of thiophene rings is 1. The van der Waals surface area contributed by atoms with Crippen molar-refractivity contribution >= 4 is 11.3 Å². The third-order valence-electron chi connectivity index (χ3n) is 3.04. The van der Waals surface area contributed by atoms with Gasteiger partial charge in [0.1, 0.15) is 11.8 Å². The number of hydrogen-bond donors (Lipinski definition) is 1. The van der Waals surface area contributed by atoms with Crippen LogP contribution in [0, 0.1) is 11.3 Å². The fraction of sp³-hybridized carbons (Fsp3) is 0.267. The van der Waals surface area contributed by atoms with Gasteiger partial charge in [0.15, 0.2) is 0 Å². The number of ether oxygens (including phenoxy) is 1. The van der Waals surface area contributed by atoms with Crippen LogP contribution in [0.3, 0.4) is 0 Å². The molecule has 98 valence electrons. The van der Waals surface area contributed by atoms with Crippen molar-refractivity contribution in [1.82, 2.24) is 5.32 Å². The van der Waals surface area contributed by atoms with Crippen LogP contribution < -0.4 is 10.1 Å². The zero-order chi connectivity index (χ0) is 13.7. The zero-order valence-electron chi connectivity index (χ0n) is 11.0. The molecule has 4 heteroatoms. The van der Waals surface area contributed by atoms with Crippen LogP contribution in [-0.2, 0) is 0 Å². The lowest BCUT2D eigenvalue weighted by atomic mass is 10.1. The van der Waals surface area contributed by atoms with E-state index in [0.717, 1.165) is 16.9 Å². The molecule has 2 rings (SSSR count). The Bertz CT molecular complexity index is 543. The van der Waals surface area contributed by atoms with E-state index in [1.165, 1.54) is 0 Å². The first kappa shape index (κ1) is 13.6. The Morgan fingerprint density at radius 1 is 1.21 bits per heavy atom. The van der Waals surface area contributed by atoms with Crippen LogP contribution in [0.25, 0.3) is 0 Å². The Labute approximate surface area is 117 Å². The lowest BCUT2D eigenvalue weighted by Crippen LogP contribution is -2.23. The summed E-state index contributed by atoms with van der Waals surface area (Å²) >= 11 is 1.60. The van der Waals surface area contributed by atoms with E-state index < -0.39 is 0 Å². The van der Waals surface area contributed by atoms with Crippen molar-refractivity contribution in [2.75, 3.05) is 7.11 Å². The SMILES string of the molecule is COc1ccc([C@@H](C)N[C@@H](C#N)c2ccsc2)cc1. The van der Waals surface area contributed by atoms with Crippen LogP contribution in [0.1, 0.15) is 30.1 Å². The zero-order valence-corrected chi connectivity index (χ0v) is 11.8. The third-order valence-corrected chi connectivity index (χ3v) is 3.74.